The van der Waals surface area contributed by atoms with E-state index in [1.807, 2.05) is 5.38 Å². The van der Waals surface area contributed by atoms with Gasteiger partial charge in [0.15, 0.2) is 11.6 Å². The van der Waals surface area contributed by atoms with E-state index >= 15 is 0 Å². The molecule has 1 nitrogen and oxygen atoms in total. The lowest BCUT2D eigenvalue weighted by molar-refractivity contribution is 0.511. The van der Waals surface area contributed by atoms with Crippen LogP contribution in [0.2, 0.25) is 0 Å². The predicted octanol–water partition coefficient (Wildman–Crippen LogP) is 3.15. The zero-order valence-corrected chi connectivity index (χ0v) is 8.65. The first-order valence-electron chi connectivity index (χ1n) is 4.45. The highest BCUT2D eigenvalue weighted by atomic mass is 32.1. The molecule has 15 heavy (non-hydrogen) atoms. The molecule has 0 bridgehead atoms. The van der Waals surface area contributed by atoms with Gasteiger partial charge in [-0.3, -0.25) is 0 Å². The summed E-state index contributed by atoms with van der Waals surface area (Å²) in [5.74, 6) is -1.65. The number of thiophene rings is 1. The maximum atomic E-state index is 13.5. The van der Waals surface area contributed by atoms with E-state index in [9.17, 15) is 8.78 Å². The topological polar surface area (TPSA) is 26.0 Å². The molecule has 2 N–H and O–H groups in total. The van der Waals surface area contributed by atoms with Crippen molar-refractivity contribution in [1.29, 1.82) is 0 Å². The molecule has 2 rings (SSSR count). The molecule has 1 heterocycles. The molecule has 1 aromatic heterocycles. The van der Waals surface area contributed by atoms with Crippen molar-refractivity contribution in [2.24, 2.45) is 5.73 Å². The first kappa shape index (κ1) is 10.3. The molecule has 0 atom stereocenters. The summed E-state index contributed by atoms with van der Waals surface area (Å²) in [5, 5.41) is 1.82. The molecular weight excluding hydrogens is 216 g/mol. The zero-order valence-electron chi connectivity index (χ0n) is 7.84. The SMILES string of the molecule is NCc1sccc1-c1cccc(F)c1F. The van der Waals surface area contributed by atoms with Crippen LogP contribution in [0.4, 0.5) is 8.78 Å². The van der Waals surface area contributed by atoms with Gasteiger partial charge in [0.1, 0.15) is 0 Å². The minimum Gasteiger partial charge on any atom is -0.326 e. The van der Waals surface area contributed by atoms with E-state index in [1.54, 1.807) is 12.1 Å². The average molecular weight is 225 g/mol. The lowest BCUT2D eigenvalue weighted by Gasteiger charge is -2.03. The van der Waals surface area contributed by atoms with E-state index in [-0.39, 0.29) is 5.56 Å². The second-order valence-corrected chi connectivity index (χ2v) is 4.06. The van der Waals surface area contributed by atoms with E-state index in [0.29, 0.717) is 12.1 Å². The fraction of sp³-hybridized carbons (Fsp3) is 0.0909. The van der Waals surface area contributed by atoms with Crippen LogP contribution in [0.3, 0.4) is 0 Å². The zero-order chi connectivity index (χ0) is 10.8. The summed E-state index contributed by atoms with van der Waals surface area (Å²) in [7, 11) is 0. The van der Waals surface area contributed by atoms with Crippen molar-refractivity contribution in [3.05, 3.63) is 46.2 Å². The second-order valence-electron chi connectivity index (χ2n) is 3.06. The Bertz CT molecular complexity index is 479. The van der Waals surface area contributed by atoms with Crippen LogP contribution in [0.15, 0.2) is 29.6 Å². The van der Waals surface area contributed by atoms with Crippen LogP contribution in [0, 0.1) is 11.6 Å². The van der Waals surface area contributed by atoms with Gasteiger partial charge in [-0.25, -0.2) is 8.78 Å². The van der Waals surface area contributed by atoms with Gasteiger partial charge in [-0.15, -0.1) is 11.3 Å². The molecule has 1 aromatic carbocycles. The number of hydrogen-bond acceptors (Lipinski definition) is 2. The highest BCUT2D eigenvalue weighted by Crippen LogP contribution is 2.30. The third-order valence-electron chi connectivity index (χ3n) is 2.17. The normalized spacial score (nSPS) is 10.6. The number of nitrogens with two attached hydrogens (primary N) is 1. The summed E-state index contributed by atoms with van der Waals surface area (Å²) in [4.78, 5) is 0.861. The van der Waals surface area contributed by atoms with Crippen molar-refractivity contribution >= 4 is 11.3 Å². The highest BCUT2D eigenvalue weighted by Gasteiger charge is 2.12. The molecule has 0 aliphatic carbocycles. The summed E-state index contributed by atoms with van der Waals surface area (Å²) < 4.78 is 26.5. The van der Waals surface area contributed by atoms with Crippen molar-refractivity contribution in [3.8, 4) is 11.1 Å². The van der Waals surface area contributed by atoms with Crippen LogP contribution in [0.5, 0.6) is 0 Å². The molecule has 0 aliphatic heterocycles. The molecule has 0 radical (unpaired) electrons. The first-order chi connectivity index (χ1) is 7.24. The van der Waals surface area contributed by atoms with Gasteiger partial charge in [0, 0.05) is 17.0 Å². The Labute approximate surface area is 90.2 Å². The Balaban J connectivity index is 2.59. The lowest BCUT2D eigenvalue weighted by Crippen LogP contribution is -1.96. The molecular formula is C11H9F2NS. The summed E-state index contributed by atoms with van der Waals surface area (Å²) >= 11 is 1.44. The van der Waals surface area contributed by atoms with Gasteiger partial charge in [0.2, 0.25) is 0 Å². The lowest BCUT2D eigenvalue weighted by atomic mass is 10.1. The summed E-state index contributed by atoms with van der Waals surface area (Å²) in [6.07, 6.45) is 0. The van der Waals surface area contributed by atoms with E-state index in [2.05, 4.69) is 0 Å². The van der Waals surface area contributed by atoms with Crippen LogP contribution >= 0.6 is 11.3 Å². The van der Waals surface area contributed by atoms with Gasteiger partial charge < -0.3 is 5.73 Å². The molecule has 0 saturated carbocycles. The largest absolute Gasteiger partial charge is 0.326 e. The number of hydrogen-bond donors (Lipinski definition) is 1. The standard InChI is InChI=1S/C11H9F2NS/c12-9-3-1-2-8(11(9)13)7-4-5-15-10(7)6-14/h1-5H,6,14H2. The van der Waals surface area contributed by atoms with Crippen LogP contribution in [0.1, 0.15) is 4.88 Å². The maximum absolute atomic E-state index is 13.5. The molecule has 0 saturated heterocycles. The summed E-state index contributed by atoms with van der Waals surface area (Å²) in [6.45, 7) is 0.336. The summed E-state index contributed by atoms with van der Waals surface area (Å²) in [5.41, 5.74) is 6.47. The molecule has 2 aromatic rings. The first-order valence-corrected chi connectivity index (χ1v) is 5.33. The van der Waals surface area contributed by atoms with Crippen LogP contribution in [-0.2, 0) is 6.54 Å². The van der Waals surface area contributed by atoms with Gasteiger partial charge in [-0.2, -0.15) is 0 Å². The van der Waals surface area contributed by atoms with Crippen LogP contribution < -0.4 is 5.73 Å². The number of benzene rings is 1. The number of rotatable bonds is 2. The van der Waals surface area contributed by atoms with Crippen LogP contribution in [-0.4, -0.2) is 0 Å². The Kier molecular flexibility index (Phi) is 2.79. The van der Waals surface area contributed by atoms with Crippen molar-refractivity contribution in [1.82, 2.24) is 0 Å². The Morgan fingerprint density at radius 1 is 1.13 bits per heavy atom. The fourth-order valence-electron chi connectivity index (χ4n) is 1.45. The minimum atomic E-state index is -0.832. The van der Waals surface area contributed by atoms with Gasteiger partial charge in [-0.1, -0.05) is 12.1 Å². The molecule has 4 heteroatoms. The second kappa shape index (κ2) is 4.08. The quantitative estimate of drug-likeness (QED) is 0.834. The molecule has 0 unspecified atom stereocenters. The van der Waals surface area contributed by atoms with Gasteiger partial charge >= 0.3 is 0 Å². The van der Waals surface area contributed by atoms with Gasteiger partial charge in [0.05, 0.1) is 0 Å². The molecule has 0 spiro atoms. The van der Waals surface area contributed by atoms with Crippen molar-refractivity contribution in [2.75, 3.05) is 0 Å². The molecule has 78 valence electrons. The third-order valence-corrected chi connectivity index (χ3v) is 3.12. The third kappa shape index (κ3) is 1.78. The molecule has 0 amide bonds. The monoisotopic (exact) mass is 225 g/mol. The smallest absolute Gasteiger partial charge is 0.166 e. The Morgan fingerprint density at radius 2 is 1.93 bits per heavy atom. The molecule has 0 aliphatic rings. The van der Waals surface area contributed by atoms with Crippen molar-refractivity contribution in [3.63, 3.8) is 0 Å². The minimum absolute atomic E-state index is 0.275. The van der Waals surface area contributed by atoms with Gasteiger partial charge in [0.25, 0.3) is 0 Å². The van der Waals surface area contributed by atoms with E-state index < -0.39 is 11.6 Å². The van der Waals surface area contributed by atoms with E-state index in [0.717, 1.165) is 10.9 Å². The van der Waals surface area contributed by atoms with Crippen LogP contribution in [0.25, 0.3) is 11.1 Å². The van der Waals surface area contributed by atoms with Gasteiger partial charge in [-0.05, 0) is 23.1 Å². The Morgan fingerprint density at radius 3 is 2.67 bits per heavy atom. The average Bonchev–Trinajstić information content (AvgIpc) is 2.70. The van der Waals surface area contributed by atoms with E-state index in [4.69, 9.17) is 5.73 Å². The van der Waals surface area contributed by atoms with E-state index in [1.165, 1.54) is 17.4 Å². The maximum Gasteiger partial charge on any atom is 0.166 e. The number of halogens is 2. The summed E-state index contributed by atoms with van der Waals surface area (Å²) in [6, 6.07) is 5.91. The molecule has 0 fully saturated rings. The van der Waals surface area contributed by atoms with Crippen molar-refractivity contribution in [2.45, 2.75) is 6.54 Å². The Hall–Kier alpha value is -1.26. The highest BCUT2D eigenvalue weighted by molar-refractivity contribution is 7.10. The predicted molar refractivity (Wildman–Crippen MR) is 57.6 cm³/mol. The van der Waals surface area contributed by atoms with Crippen molar-refractivity contribution < 1.29 is 8.78 Å². The fourth-order valence-corrected chi connectivity index (χ4v) is 2.22.